The first-order valence-corrected chi connectivity index (χ1v) is 8.15. The van der Waals surface area contributed by atoms with Crippen LogP contribution in [0.25, 0.3) is 22.4 Å². The van der Waals surface area contributed by atoms with E-state index in [0.29, 0.717) is 36.0 Å². The van der Waals surface area contributed by atoms with Gasteiger partial charge in [0.2, 0.25) is 0 Å². The minimum atomic E-state index is 0.368. The molecule has 0 radical (unpaired) electrons. The molecule has 3 rings (SSSR count). The first kappa shape index (κ1) is 14.7. The average molecular weight is 316 g/mol. The van der Waals surface area contributed by atoms with Gasteiger partial charge in [0.15, 0.2) is 5.65 Å². The zero-order chi connectivity index (χ0) is 15.4. The number of fused-ring (bicyclic) bond motifs is 1. The molecule has 3 aromatic rings. The second-order valence-corrected chi connectivity index (χ2v) is 5.56. The molecule has 3 aromatic heterocycles. The van der Waals surface area contributed by atoms with E-state index in [4.69, 9.17) is 10.5 Å². The van der Waals surface area contributed by atoms with Crippen LogP contribution in [0.5, 0.6) is 0 Å². The number of hydrogen-bond donors (Lipinski definition) is 1. The fourth-order valence-corrected chi connectivity index (χ4v) is 2.30. The van der Waals surface area contributed by atoms with Crippen molar-refractivity contribution < 1.29 is 4.74 Å². The van der Waals surface area contributed by atoms with Crippen LogP contribution in [-0.2, 0) is 11.5 Å². The van der Waals surface area contributed by atoms with E-state index in [1.54, 1.807) is 35.0 Å². The van der Waals surface area contributed by atoms with E-state index in [9.17, 15) is 0 Å². The van der Waals surface area contributed by atoms with Crippen molar-refractivity contribution in [2.75, 3.05) is 24.3 Å². The maximum absolute atomic E-state index is 5.87. The SMILES string of the molecule is CSCCOCn1ncc2nc(-c3cccnc3N)cnc21. The fraction of sp³-hybridized carbons (Fsp3) is 0.286. The number of thioether (sulfide) groups is 1. The maximum Gasteiger partial charge on any atom is 0.179 e. The predicted molar refractivity (Wildman–Crippen MR) is 87.3 cm³/mol. The van der Waals surface area contributed by atoms with Gasteiger partial charge in [-0.1, -0.05) is 0 Å². The highest BCUT2D eigenvalue weighted by atomic mass is 32.2. The Kier molecular flexibility index (Phi) is 4.50. The summed E-state index contributed by atoms with van der Waals surface area (Å²) < 4.78 is 7.24. The van der Waals surface area contributed by atoms with Crippen molar-refractivity contribution in [3.63, 3.8) is 0 Å². The van der Waals surface area contributed by atoms with Crippen LogP contribution < -0.4 is 5.73 Å². The summed E-state index contributed by atoms with van der Waals surface area (Å²) >= 11 is 1.74. The Morgan fingerprint density at radius 1 is 1.32 bits per heavy atom. The van der Waals surface area contributed by atoms with Gasteiger partial charge in [0.25, 0.3) is 0 Å². The molecule has 0 aliphatic carbocycles. The highest BCUT2D eigenvalue weighted by Crippen LogP contribution is 2.22. The van der Waals surface area contributed by atoms with E-state index in [0.717, 1.165) is 11.3 Å². The van der Waals surface area contributed by atoms with Gasteiger partial charge >= 0.3 is 0 Å². The smallest absolute Gasteiger partial charge is 0.179 e. The number of ether oxygens (including phenoxy) is 1. The van der Waals surface area contributed by atoms with Gasteiger partial charge in [-0.05, 0) is 18.4 Å². The second-order valence-electron chi connectivity index (χ2n) is 4.57. The van der Waals surface area contributed by atoms with Crippen LogP contribution in [0.1, 0.15) is 0 Å². The molecule has 3 heterocycles. The molecule has 0 bridgehead atoms. The van der Waals surface area contributed by atoms with Crippen molar-refractivity contribution >= 4 is 28.7 Å². The van der Waals surface area contributed by atoms with E-state index in [-0.39, 0.29) is 0 Å². The number of hydrogen-bond acceptors (Lipinski definition) is 7. The molecule has 0 unspecified atom stereocenters. The largest absolute Gasteiger partial charge is 0.383 e. The number of nitrogen functional groups attached to an aromatic ring is 1. The summed E-state index contributed by atoms with van der Waals surface area (Å²) in [6, 6.07) is 3.69. The lowest BCUT2D eigenvalue weighted by molar-refractivity contribution is 0.0839. The third-order valence-corrected chi connectivity index (χ3v) is 3.68. The summed E-state index contributed by atoms with van der Waals surface area (Å²) in [6.45, 7) is 1.05. The molecule has 0 atom stereocenters. The molecule has 8 heteroatoms. The monoisotopic (exact) mass is 316 g/mol. The first-order chi connectivity index (χ1) is 10.8. The van der Waals surface area contributed by atoms with Gasteiger partial charge in [-0.25, -0.2) is 19.6 Å². The molecular formula is C14H16N6OS. The lowest BCUT2D eigenvalue weighted by atomic mass is 10.2. The molecule has 0 saturated carbocycles. The van der Waals surface area contributed by atoms with Crippen LogP contribution in [0.2, 0.25) is 0 Å². The minimum Gasteiger partial charge on any atom is -0.383 e. The zero-order valence-electron chi connectivity index (χ0n) is 12.1. The predicted octanol–water partition coefficient (Wildman–Crippen LogP) is 1.81. The minimum absolute atomic E-state index is 0.368. The van der Waals surface area contributed by atoms with Crippen molar-refractivity contribution in [3.05, 3.63) is 30.7 Å². The highest BCUT2D eigenvalue weighted by Gasteiger charge is 2.10. The summed E-state index contributed by atoms with van der Waals surface area (Å²) in [7, 11) is 0. The number of aromatic nitrogens is 5. The molecule has 0 aliphatic rings. The Labute approximate surface area is 131 Å². The van der Waals surface area contributed by atoms with E-state index in [2.05, 4.69) is 20.1 Å². The molecule has 0 saturated heterocycles. The fourth-order valence-electron chi connectivity index (χ4n) is 2.01. The third-order valence-electron chi connectivity index (χ3n) is 3.10. The van der Waals surface area contributed by atoms with Crippen molar-refractivity contribution in [1.82, 2.24) is 24.7 Å². The molecule has 2 N–H and O–H groups in total. The molecule has 0 amide bonds. The Hall–Kier alpha value is -2.19. The van der Waals surface area contributed by atoms with Gasteiger partial charge in [0, 0.05) is 17.5 Å². The number of anilines is 1. The number of nitrogens with two attached hydrogens (primary N) is 1. The molecule has 114 valence electrons. The molecule has 0 fully saturated rings. The van der Waals surface area contributed by atoms with Crippen molar-refractivity contribution in [2.24, 2.45) is 0 Å². The Bertz CT molecular complexity index is 775. The first-order valence-electron chi connectivity index (χ1n) is 6.75. The van der Waals surface area contributed by atoms with Gasteiger partial charge in [0.1, 0.15) is 18.1 Å². The van der Waals surface area contributed by atoms with Crippen molar-refractivity contribution in [3.8, 4) is 11.3 Å². The van der Waals surface area contributed by atoms with E-state index < -0.39 is 0 Å². The van der Waals surface area contributed by atoms with Crippen LogP contribution in [-0.4, -0.2) is 43.3 Å². The Morgan fingerprint density at radius 2 is 2.23 bits per heavy atom. The number of nitrogens with zero attached hydrogens (tertiary/aromatic N) is 5. The van der Waals surface area contributed by atoms with Gasteiger partial charge in [-0.15, -0.1) is 0 Å². The van der Waals surface area contributed by atoms with Crippen LogP contribution in [0.15, 0.2) is 30.7 Å². The van der Waals surface area contributed by atoms with Gasteiger partial charge in [-0.2, -0.15) is 16.9 Å². The van der Waals surface area contributed by atoms with Crippen LogP contribution in [0.4, 0.5) is 5.82 Å². The lowest BCUT2D eigenvalue weighted by Gasteiger charge is -2.05. The molecule has 22 heavy (non-hydrogen) atoms. The molecule has 0 spiro atoms. The molecular weight excluding hydrogens is 300 g/mol. The molecule has 0 aliphatic heterocycles. The highest BCUT2D eigenvalue weighted by molar-refractivity contribution is 7.98. The van der Waals surface area contributed by atoms with E-state index >= 15 is 0 Å². The summed E-state index contributed by atoms with van der Waals surface area (Å²) in [6.07, 6.45) is 7.05. The van der Waals surface area contributed by atoms with E-state index in [1.807, 2.05) is 18.4 Å². The maximum atomic E-state index is 5.87. The quantitative estimate of drug-likeness (QED) is 0.693. The summed E-state index contributed by atoms with van der Waals surface area (Å²) in [5.41, 5.74) is 8.71. The normalized spacial score (nSPS) is 11.1. The lowest BCUT2D eigenvalue weighted by Crippen LogP contribution is -2.07. The van der Waals surface area contributed by atoms with Crippen molar-refractivity contribution in [1.29, 1.82) is 0 Å². The van der Waals surface area contributed by atoms with Gasteiger partial charge < -0.3 is 10.5 Å². The second kappa shape index (κ2) is 6.71. The summed E-state index contributed by atoms with van der Waals surface area (Å²) in [4.78, 5) is 13.0. The number of pyridine rings is 1. The third kappa shape index (κ3) is 3.02. The van der Waals surface area contributed by atoms with Crippen LogP contribution in [0.3, 0.4) is 0 Å². The zero-order valence-corrected chi connectivity index (χ0v) is 13.0. The van der Waals surface area contributed by atoms with Crippen LogP contribution in [0, 0.1) is 0 Å². The summed E-state index contributed by atoms with van der Waals surface area (Å²) in [5, 5.41) is 4.26. The Morgan fingerprint density at radius 3 is 3.05 bits per heavy atom. The Balaban J connectivity index is 1.85. The number of rotatable bonds is 6. The van der Waals surface area contributed by atoms with Gasteiger partial charge in [-0.3, -0.25) is 0 Å². The van der Waals surface area contributed by atoms with E-state index in [1.165, 1.54) is 0 Å². The average Bonchev–Trinajstić information content (AvgIpc) is 2.94. The summed E-state index contributed by atoms with van der Waals surface area (Å²) in [5.74, 6) is 1.39. The van der Waals surface area contributed by atoms with Crippen LogP contribution >= 0.6 is 11.8 Å². The van der Waals surface area contributed by atoms with Gasteiger partial charge in [0.05, 0.1) is 24.7 Å². The molecule has 7 nitrogen and oxygen atoms in total. The topological polar surface area (TPSA) is 91.7 Å². The molecule has 0 aromatic carbocycles. The standard InChI is InChI=1S/C14H16N6OS/c1-22-6-5-21-9-20-14-12(8-18-20)19-11(7-17-14)10-3-2-4-16-13(10)15/h2-4,7-8H,5-6,9H2,1H3,(H2,15,16). The van der Waals surface area contributed by atoms with Crippen molar-refractivity contribution in [2.45, 2.75) is 6.73 Å².